The number of benzene rings is 2. The Morgan fingerprint density at radius 3 is 2.16 bits per heavy atom. The van der Waals surface area contributed by atoms with E-state index in [0.717, 1.165) is 37.7 Å². The normalized spacial score (nSPS) is 22.7. The summed E-state index contributed by atoms with van der Waals surface area (Å²) in [6.45, 7) is 3.88. The van der Waals surface area contributed by atoms with Crippen molar-refractivity contribution in [2.24, 2.45) is 5.92 Å². The molecule has 2 aliphatic heterocycles. The number of nitrogens with one attached hydrogen (secondary N) is 1. The lowest BCUT2D eigenvalue weighted by Gasteiger charge is -2.52. The number of aliphatic hydroxyl groups excluding tert-OH is 2. The molecule has 10 nitrogen and oxygen atoms in total. The van der Waals surface area contributed by atoms with Gasteiger partial charge in [-0.05, 0) is 86.9 Å². The smallest absolute Gasteiger partial charge is 0.335 e. The van der Waals surface area contributed by atoms with E-state index in [-0.39, 0.29) is 29.8 Å². The number of carbonyl (C=O) groups excluding carboxylic acids is 2. The van der Waals surface area contributed by atoms with Crippen LogP contribution < -0.4 is 10.1 Å². The largest absolute Gasteiger partial charge is 0.478 e. The first kappa shape index (κ1) is 31.0. The van der Waals surface area contributed by atoms with Crippen LogP contribution in [0.3, 0.4) is 0 Å². The molecule has 1 saturated carbocycles. The Hall–Kier alpha value is -3.47. The molecule has 0 bridgehead atoms. The highest BCUT2D eigenvalue weighted by atomic mass is 16.5. The van der Waals surface area contributed by atoms with E-state index in [1.807, 2.05) is 24.3 Å². The zero-order chi connectivity index (χ0) is 30.6. The monoisotopic (exact) mass is 593 g/mol. The van der Waals surface area contributed by atoms with Gasteiger partial charge in [0.1, 0.15) is 23.1 Å². The second kappa shape index (κ2) is 13.4. The van der Waals surface area contributed by atoms with Crippen LogP contribution in [-0.2, 0) is 16.1 Å². The molecule has 232 valence electrons. The number of likely N-dealkylation sites (tertiary alicyclic amines) is 1. The summed E-state index contributed by atoms with van der Waals surface area (Å²) in [4.78, 5) is 42.6. The Balaban J connectivity index is 1.21. The van der Waals surface area contributed by atoms with Crippen LogP contribution in [0.5, 0.6) is 11.5 Å². The maximum atomic E-state index is 13.8. The van der Waals surface area contributed by atoms with Crippen molar-refractivity contribution in [3.05, 3.63) is 59.7 Å². The van der Waals surface area contributed by atoms with Gasteiger partial charge in [0.05, 0.1) is 17.8 Å². The Bertz CT molecular complexity index is 1270. The fourth-order valence-electron chi connectivity index (χ4n) is 6.76. The molecule has 0 radical (unpaired) electrons. The Labute approximate surface area is 252 Å². The number of aromatic carboxylic acids is 1. The fourth-order valence-corrected chi connectivity index (χ4v) is 6.76. The van der Waals surface area contributed by atoms with Crippen molar-refractivity contribution in [2.45, 2.75) is 88.6 Å². The topological polar surface area (TPSA) is 140 Å². The van der Waals surface area contributed by atoms with Gasteiger partial charge < -0.3 is 30.3 Å². The van der Waals surface area contributed by atoms with Gasteiger partial charge in [0.25, 0.3) is 0 Å². The highest BCUT2D eigenvalue weighted by molar-refractivity contribution is 6.00. The first-order valence-electron chi connectivity index (χ1n) is 15.5. The second-order valence-corrected chi connectivity index (χ2v) is 12.4. The number of aliphatic hydroxyl groups is 2. The molecule has 2 heterocycles. The van der Waals surface area contributed by atoms with Gasteiger partial charge in [0.15, 0.2) is 0 Å². The van der Waals surface area contributed by atoms with Crippen molar-refractivity contribution in [3.63, 3.8) is 0 Å². The molecule has 5 rings (SSSR count). The van der Waals surface area contributed by atoms with E-state index in [1.165, 1.54) is 12.1 Å². The van der Waals surface area contributed by atoms with E-state index in [4.69, 9.17) is 9.84 Å². The molecule has 2 saturated heterocycles. The maximum absolute atomic E-state index is 13.8. The van der Waals surface area contributed by atoms with E-state index in [9.17, 15) is 24.6 Å². The number of hydrogen-bond donors (Lipinski definition) is 4. The Morgan fingerprint density at radius 1 is 0.977 bits per heavy atom. The number of amides is 2. The Morgan fingerprint density at radius 2 is 1.58 bits per heavy atom. The lowest BCUT2D eigenvalue weighted by atomic mass is 9.78. The number of carboxylic acids is 1. The van der Waals surface area contributed by atoms with E-state index in [1.54, 1.807) is 24.0 Å². The number of piperidine rings is 1. The van der Waals surface area contributed by atoms with Crippen molar-refractivity contribution >= 4 is 17.8 Å². The summed E-state index contributed by atoms with van der Waals surface area (Å²) in [5, 5.41) is 33.2. The van der Waals surface area contributed by atoms with Crippen LogP contribution in [0, 0.1) is 5.92 Å². The maximum Gasteiger partial charge on any atom is 0.335 e. The van der Waals surface area contributed by atoms with Gasteiger partial charge in [-0.2, -0.15) is 0 Å². The number of ether oxygens (including phenoxy) is 1. The fraction of sp³-hybridized carbons (Fsp3) is 0.545. The number of carbonyl (C=O) groups is 3. The van der Waals surface area contributed by atoms with Gasteiger partial charge >= 0.3 is 5.97 Å². The predicted octanol–water partition coefficient (Wildman–Crippen LogP) is 3.55. The summed E-state index contributed by atoms with van der Waals surface area (Å²) in [5.74, 6) is -0.226. The van der Waals surface area contributed by atoms with Gasteiger partial charge in [-0.15, -0.1) is 0 Å². The number of piperazine rings is 1. The summed E-state index contributed by atoms with van der Waals surface area (Å²) in [6.07, 6.45) is 4.73. The lowest BCUT2D eigenvalue weighted by molar-refractivity contribution is -0.166. The minimum atomic E-state index is -0.987. The van der Waals surface area contributed by atoms with Crippen LogP contribution in [0.15, 0.2) is 48.5 Å². The summed E-state index contributed by atoms with van der Waals surface area (Å²) in [5.41, 5.74) is 0.290. The van der Waals surface area contributed by atoms with Crippen molar-refractivity contribution in [1.29, 1.82) is 0 Å². The molecule has 3 atom stereocenters. The first-order valence-corrected chi connectivity index (χ1v) is 15.5. The third kappa shape index (κ3) is 7.03. The van der Waals surface area contributed by atoms with Crippen molar-refractivity contribution in [1.82, 2.24) is 15.1 Å². The number of carboxylic acid groups (broad SMARTS) is 1. The van der Waals surface area contributed by atoms with Gasteiger partial charge in [-0.1, -0.05) is 31.4 Å². The molecule has 43 heavy (non-hydrogen) atoms. The minimum absolute atomic E-state index is 0.00628. The standard InChI is InChI=1S/C33H43N3O7/c1-22(37)15-18-36-30(39)28(29(38)24-5-3-2-4-6-24)34-32(42)33(36)16-19-35(20-17-33)21-23-7-11-26(12-8-23)43-27-13-9-25(10-14-27)31(40)41/h7-14,22,24,28-29,37-38H,2-6,15-21H2,1H3,(H,34,42)(H,40,41)/t22-,28-,29-/m1/s1. The molecule has 2 aromatic carbocycles. The van der Waals surface area contributed by atoms with E-state index < -0.39 is 29.8 Å². The van der Waals surface area contributed by atoms with E-state index in [2.05, 4.69) is 10.2 Å². The summed E-state index contributed by atoms with van der Waals surface area (Å²) < 4.78 is 5.85. The average molecular weight is 594 g/mol. The lowest BCUT2D eigenvalue weighted by Crippen LogP contribution is -2.75. The van der Waals surface area contributed by atoms with Gasteiger partial charge in [0.2, 0.25) is 11.8 Å². The average Bonchev–Trinajstić information content (AvgIpc) is 3.01. The third-order valence-corrected chi connectivity index (χ3v) is 9.35. The minimum Gasteiger partial charge on any atom is -0.478 e. The Kier molecular flexibility index (Phi) is 9.68. The molecule has 4 N–H and O–H groups in total. The first-order chi connectivity index (χ1) is 20.7. The predicted molar refractivity (Wildman–Crippen MR) is 160 cm³/mol. The van der Waals surface area contributed by atoms with Gasteiger partial charge in [-0.25, -0.2) is 4.79 Å². The zero-order valence-corrected chi connectivity index (χ0v) is 24.8. The van der Waals surface area contributed by atoms with Crippen molar-refractivity contribution < 1.29 is 34.4 Å². The third-order valence-electron chi connectivity index (χ3n) is 9.35. The molecule has 10 heteroatoms. The van der Waals surface area contributed by atoms with Crippen LogP contribution in [0.25, 0.3) is 0 Å². The number of hydrogen-bond acceptors (Lipinski definition) is 7. The van der Waals surface area contributed by atoms with Gasteiger partial charge in [-0.3, -0.25) is 14.5 Å². The summed E-state index contributed by atoms with van der Waals surface area (Å²) in [7, 11) is 0. The van der Waals surface area contributed by atoms with Crippen LogP contribution in [0.2, 0.25) is 0 Å². The number of nitrogens with zero attached hydrogens (tertiary/aromatic N) is 2. The van der Waals surface area contributed by atoms with Crippen LogP contribution >= 0.6 is 0 Å². The number of rotatable bonds is 10. The molecule has 3 fully saturated rings. The van der Waals surface area contributed by atoms with Crippen molar-refractivity contribution in [3.8, 4) is 11.5 Å². The molecule has 1 aliphatic carbocycles. The molecule has 0 unspecified atom stereocenters. The van der Waals surface area contributed by atoms with Gasteiger partial charge in [0, 0.05) is 26.2 Å². The summed E-state index contributed by atoms with van der Waals surface area (Å²) in [6, 6.07) is 13.0. The molecular formula is C33H43N3O7. The van der Waals surface area contributed by atoms with E-state index in [0.29, 0.717) is 50.4 Å². The zero-order valence-electron chi connectivity index (χ0n) is 24.8. The highest BCUT2D eigenvalue weighted by Crippen LogP contribution is 2.36. The molecule has 1 spiro atoms. The van der Waals surface area contributed by atoms with Crippen LogP contribution in [0.1, 0.15) is 74.2 Å². The van der Waals surface area contributed by atoms with Crippen molar-refractivity contribution in [2.75, 3.05) is 19.6 Å². The van der Waals surface area contributed by atoms with Crippen LogP contribution in [-0.4, -0.2) is 86.3 Å². The summed E-state index contributed by atoms with van der Waals surface area (Å²) >= 11 is 0. The molecule has 3 aliphatic rings. The quantitative estimate of drug-likeness (QED) is 0.328. The highest BCUT2D eigenvalue weighted by Gasteiger charge is 2.55. The molecular weight excluding hydrogens is 550 g/mol. The molecule has 2 aromatic rings. The second-order valence-electron chi connectivity index (χ2n) is 12.4. The molecule has 0 aromatic heterocycles. The molecule has 2 amide bonds. The van der Waals surface area contributed by atoms with Crippen LogP contribution in [0.4, 0.5) is 0 Å². The van der Waals surface area contributed by atoms with E-state index >= 15 is 0 Å². The SMILES string of the molecule is C[C@@H](O)CCN1C(=O)[C@@H]([C@H](O)C2CCCCC2)NC(=O)C12CCN(Cc1ccc(Oc3ccc(C(=O)O)cc3)cc1)CC2.